The van der Waals surface area contributed by atoms with E-state index < -0.39 is 0 Å². The van der Waals surface area contributed by atoms with Gasteiger partial charge in [-0.05, 0) is 55.3 Å². The molecule has 1 N–H and O–H groups in total. The van der Waals surface area contributed by atoms with Crippen LogP contribution in [-0.2, 0) is 0 Å². The van der Waals surface area contributed by atoms with E-state index in [1.165, 1.54) is 0 Å². The number of anilines is 1. The number of amides is 1. The fraction of sp³-hybridized carbons (Fsp3) is 0.316. The highest BCUT2D eigenvalue weighted by Gasteiger charge is 2.08. The van der Waals surface area contributed by atoms with Crippen LogP contribution in [0.25, 0.3) is 0 Å². The summed E-state index contributed by atoms with van der Waals surface area (Å²) in [5.41, 5.74) is 1.30. The number of hydrogen-bond donors (Lipinski definition) is 1. The summed E-state index contributed by atoms with van der Waals surface area (Å²) in [5.74, 6) is 1.77. The van der Waals surface area contributed by atoms with Gasteiger partial charge in [0.25, 0.3) is 5.91 Å². The molecular formula is C19H23NO3. The molecular weight excluding hydrogens is 290 g/mol. The van der Waals surface area contributed by atoms with Crippen molar-refractivity contribution in [2.75, 3.05) is 18.5 Å². The highest BCUT2D eigenvalue weighted by molar-refractivity contribution is 6.04. The van der Waals surface area contributed by atoms with Crippen LogP contribution in [0.1, 0.15) is 31.1 Å². The Kier molecular flexibility index (Phi) is 6.03. The molecule has 0 heterocycles. The van der Waals surface area contributed by atoms with Gasteiger partial charge in [0.2, 0.25) is 0 Å². The van der Waals surface area contributed by atoms with Gasteiger partial charge in [-0.2, -0.15) is 0 Å². The number of carbonyl (C=O) groups is 1. The van der Waals surface area contributed by atoms with Gasteiger partial charge >= 0.3 is 0 Å². The van der Waals surface area contributed by atoms with Crippen molar-refractivity contribution in [3.05, 3.63) is 54.1 Å². The van der Waals surface area contributed by atoms with Crippen LogP contribution >= 0.6 is 0 Å². The monoisotopic (exact) mass is 313 g/mol. The van der Waals surface area contributed by atoms with E-state index in [2.05, 4.69) is 19.2 Å². The molecule has 122 valence electrons. The Morgan fingerprint density at radius 3 is 2.43 bits per heavy atom. The van der Waals surface area contributed by atoms with Crippen molar-refractivity contribution in [3.8, 4) is 11.5 Å². The molecule has 0 unspecified atom stereocenters. The zero-order valence-corrected chi connectivity index (χ0v) is 13.8. The van der Waals surface area contributed by atoms with E-state index in [-0.39, 0.29) is 5.91 Å². The molecule has 2 rings (SSSR count). The van der Waals surface area contributed by atoms with Crippen molar-refractivity contribution < 1.29 is 14.3 Å². The average Bonchev–Trinajstić information content (AvgIpc) is 2.55. The third-order valence-corrected chi connectivity index (χ3v) is 3.10. The first-order chi connectivity index (χ1) is 11.1. The molecule has 4 heteroatoms. The summed E-state index contributed by atoms with van der Waals surface area (Å²) in [6.45, 7) is 7.35. The zero-order chi connectivity index (χ0) is 16.7. The van der Waals surface area contributed by atoms with Crippen LogP contribution in [0.5, 0.6) is 11.5 Å². The third kappa shape index (κ3) is 5.33. The van der Waals surface area contributed by atoms with Crippen molar-refractivity contribution in [3.63, 3.8) is 0 Å². The first-order valence-corrected chi connectivity index (χ1v) is 7.85. The smallest absolute Gasteiger partial charge is 0.255 e. The minimum atomic E-state index is -0.163. The molecule has 0 aliphatic heterocycles. The third-order valence-electron chi connectivity index (χ3n) is 3.10. The quantitative estimate of drug-likeness (QED) is 0.825. The van der Waals surface area contributed by atoms with E-state index >= 15 is 0 Å². The van der Waals surface area contributed by atoms with Crippen LogP contribution in [0.15, 0.2) is 48.5 Å². The summed E-state index contributed by atoms with van der Waals surface area (Å²) in [4.78, 5) is 12.3. The number of carbonyl (C=O) groups excluding carboxylic acids is 1. The Labute approximate surface area is 137 Å². The second kappa shape index (κ2) is 8.22. The van der Waals surface area contributed by atoms with Gasteiger partial charge in [0, 0.05) is 11.3 Å². The summed E-state index contributed by atoms with van der Waals surface area (Å²) in [5, 5.41) is 2.87. The van der Waals surface area contributed by atoms with Crippen LogP contribution in [0.3, 0.4) is 0 Å². The number of benzene rings is 2. The van der Waals surface area contributed by atoms with Gasteiger partial charge in [-0.25, -0.2) is 0 Å². The molecule has 0 spiro atoms. The SMILES string of the molecule is CCOc1ccc(NC(=O)c2cccc(OCC(C)C)c2)cc1. The van der Waals surface area contributed by atoms with E-state index in [0.29, 0.717) is 30.4 Å². The maximum absolute atomic E-state index is 12.3. The molecule has 0 fully saturated rings. The van der Waals surface area contributed by atoms with Gasteiger partial charge in [0.05, 0.1) is 13.2 Å². The molecule has 23 heavy (non-hydrogen) atoms. The first-order valence-electron chi connectivity index (χ1n) is 7.85. The second-order valence-corrected chi connectivity index (χ2v) is 5.64. The predicted molar refractivity (Wildman–Crippen MR) is 92.3 cm³/mol. The van der Waals surface area contributed by atoms with Gasteiger partial charge in [-0.1, -0.05) is 19.9 Å². The number of rotatable bonds is 7. The van der Waals surface area contributed by atoms with E-state index in [1.54, 1.807) is 12.1 Å². The highest BCUT2D eigenvalue weighted by Crippen LogP contribution is 2.18. The minimum Gasteiger partial charge on any atom is -0.494 e. The molecule has 0 atom stereocenters. The summed E-state index contributed by atoms with van der Waals surface area (Å²) in [7, 11) is 0. The zero-order valence-electron chi connectivity index (χ0n) is 13.8. The topological polar surface area (TPSA) is 47.6 Å². The molecule has 1 amide bonds. The van der Waals surface area contributed by atoms with Crippen LogP contribution < -0.4 is 14.8 Å². The molecule has 2 aromatic rings. The van der Waals surface area contributed by atoms with E-state index in [1.807, 2.05) is 43.3 Å². The fourth-order valence-corrected chi connectivity index (χ4v) is 1.99. The van der Waals surface area contributed by atoms with Gasteiger partial charge in [0.15, 0.2) is 0 Å². The van der Waals surface area contributed by atoms with Crippen LogP contribution in [0, 0.1) is 5.92 Å². The predicted octanol–water partition coefficient (Wildman–Crippen LogP) is 4.37. The van der Waals surface area contributed by atoms with E-state index in [0.717, 1.165) is 11.4 Å². The Hall–Kier alpha value is -2.49. The maximum atomic E-state index is 12.3. The molecule has 0 aliphatic rings. The van der Waals surface area contributed by atoms with Gasteiger partial charge in [-0.15, -0.1) is 0 Å². The molecule has 2 aromatic carbocycles. The Morgan fingerprint density at radius 1 is 1.04 bits per heavy atom. The minimum absolute atomic E-state index is 0.163. The van der Waals surface area contributed by atoms with Crippen molar-refractivity contribution in [1.29, 1.82) is 0 Å². The Bertz CT molecular complexity index is 635. The lowest BCUT2D eigenvalue weighted by molar-refractivity contribution is 0.102. The van der Waals surface area contributed by atoms with E-state index in [4.69, 9.17) is 9.47 Å². The van der Waals surface area contributed by atoms with Crippen molar-refractivity contribution >= 4 is 11.6 Å². The highest BCUT2D eigenvalue weighted by atomic mass is 16.5. The van der Waals surface area contributed by atoms with Gasteiger partial charge in [0.1, 0.15) is 11.5 Å². The molecule has 0 radical (unpaired) electrons. The second-order valence-electron chi connectivity index (χ2n) is 5.64. The largest absolute Gasteiger partial charge is 0.494 e. The summed E-state index contributed by atoms with van der Waals surface area (Å²) in [6, 6.07) is 14.5. The Balaban J connectivity index is 2.01. The number of ether oxygens (including phenoxy) is 2. The molecule has 4 nitrogen and oxygen atoms in total. The van der Waals surface area contributed by atoms with Crippen LogP contribution in [0.2, 0.25) is 0 Å². The normalized spacial score (nSPS) is 10.4. The van der Waals surface area contributed by atoms with Crippen molar-refractivity contribution in [1.82, 2.24) is 0 Å². The van der Waals surface area contributed by atoms with Crippen LogP contribution in [0.4, 0.5) is 5.69 Å². The molecule has 0 aromatic heterocycles. The summed E-state index contributed by atoms with van der Waals surface area (Å²) in [6.07, 6.45) is 0. The standard InChI is InChI=1S/C19H23NO3/c1-4-22-17-10-8-16(9-11-17)20-19(21)15-6-5-7-18(12-15)23-13-14(2)3/h5-12,14H,4,13H2,1-3H3,(H,20,21). The van der Waals surface area contributed by atoms with Crippen LogP contribution in [-0.4, -0.2) is 19.1 Å². The van der Waals surface area contributed by atoms with Crippen molar-refractivity contribution in [2.45, 2.75) is 20.8 Å². The lowest BCUT2D eigenvalue weighted by Crippen LogP contribution is -2.12. The lowest BCUT2D eigenvalue weighted by atomic mass is 10.2. The van der Waals surface area contributed by atoms with E-state index in [9.17, 15) is 4.79 Å². The molecule has 0 saturated carbocycles. The van der Waals surface area contributed by atoms with Crippen molar-refractivity contribution in [2.24, 2.45) is 5.92 Å². The maximum Gasteiger partial charge on any atom is 0.255 e. The molecule has 0 bridgehead atoms. The summed E-state index contributed by atoms with van der Waals surface area (Å²) >= 11 is 0. The lowest BCUT2D eigenvalue weighted by Gasteiger charge is -2.10. The fourth-order valence-electron chi connectivity index (χ4n) is 1.99. The average molecular weight is 313 g/mol. The molecule has 0 aliphatic carbocycles. The number of hydrogen-bond acceptors (Lipinski definition) is 3. The van der Waals surface area contributed by atoms with Gasteiger partial charge in [-0.3, -0.25) is 4.79 Å². The first kappa shape index (κ1) is 16.9. The molecule has 0 saturated heterocycles. The van der Waals surface area contributed by atoms with Gasteiger partial charge < -0.3 is 14.8 Å². The Morgan fingerprint density at radius 2 is 1.78 bits per heavy atom. The number of nitrogens with one attached hydrogen (secondary N) is 1. The summed E-state index contributed by atoms with van der Waals surface area (Å²) < 4.78 is 11.0.